The van der Waals surface area contributed by atoms with Crippen molar-refractivity contribution in [3.8, 4) is 0 Å². The fourth-order valence-corrected chi connectivity index (χ4v) is 2.26. The van der Waals surface area contributed by atoms with E-state index in [-0.39, 0.29) is 11.2 Å². The molecule has 116 valence electrons. The largest absolute Gasteiger partial charge is 0.451 e. The third-order valence-electron chi connectivity index (χ3n) is 3.53. The number of rotatable bonds is 3. The van der Waals surface area contributed by atoms with Gasteiger partial charge in [0.05, 0.1) is 5.39 Å². The Morgan fingerprint density at radius 2 is 1.87 bits per heavy atom. The van der Waals surface area contributed by atoms with Gasteiger partial charge in [-0.25, -0.2) is 4.39 Å². The van der Waals surface area contributed by atoms with E-state index in [1.54, 1.807) is 12.1 Å². The monoisotopic (exact) mass is 311 g/mol. The lowest BCUT2D eigenvalue weighted by Crippen LogP contribution is -2.15. The zero-order valence-electron chi connectivity index (χ0n) is 12.4. The molecular formula is C18H14FNO3. The van der Waals surface area contributed by atoms with E-state index in [4.69, 9.17) is 4.42 Å². The molecule has 3 aromatic rings. The molecule has 5 heteroatoms. The van der Waals surface area contributed by atoms with E-state index in [0.717, 1.165) is 12.0 Å². The van der Waals surface area contributed by atoms with Crippen LogP contribution < -0.4 is 10.7 Å². The van der Waals surface area contributed by atoms with E-state index in [1.165, 1.54) is 30.3 Å². The number of aryl methyl sites for hydroxylation is 1. The fourth-order valence-electron chi connectivity index (χ4n) is 2.26. The van der Waals surface area contributed by atoms with Crippen LogP contribution in [-0.4, -0.2) is 5.91 Å². The van der Waals surface area contributed by atoms with Crippen molar-refractivity contribution < 1.29 is 13.6 Å². The molecule has 23 heavy (non-hydrogen) atoms. The number of carbonyl (C=O) groups is 1. The fraction of sp³-hybridized carbons (Fsp3) is 0.111. The first-order chi connectivity index (χ1) is 11.1. The number of halogens is 1. The molecule has 0 atom stereocenters. The number of nitrogens with one attached hydrogen (secondary N) is 1. The van der Waals surface area contributed by atoms with Crippen LogP contribution in [0.25, 0.3) is 11.0 Å². The highest BCUT2D eigenvalue weighted by atomic mass is 19.1. The van der Waals surface area contributed by atoms with Crippen LogP contribution in [0.15, 0.2) is 57.7 Å². The maximum Gasteiger partial charge on any atom is 0.291 e. The summed E-state index contributed by atoms with van der Waals surface area (Å²) in [6, 6.07) is 11.8. The van der Waals surface area contributed by atoms with E-state index in [1.807, 2.05) is 13.0 Å². The number of anilines is 1. The summed E-state index contributed by atoms with van der Waals surface area (Å²) in [5.74, 6) is -1.04. The Balaban J connectivity index is 1.94. The number of hydrogen-bond donors (Lipinski definition) is 1. The van der Waals surface area contributed by atoms with Crippen molar-refractivity contribution in [3.05, 3.63) is 75.9 Å². The highest BCUT2D eigenvalue weighted by Crippen LogP contribution is 2.16. The summed E-state index contributed by atoms with van der Waals surface area (Å²) in [4.78, 5) is 24.4. The average molecular weight is 311 g/mol. The van der Waals surface area contributed by atoms with Gasteiger partial charge < -0.3 is 9.73 Å². The molecule has 3 rings (SSSR count). The zero-order chi connectivity index (χ0) is 16.4. The van der Waals surface area contributed by atoms with Crippen molar-refractivity contribution in [2.45, 2.75) is 13.3 Å². The number of hydrogen-bond acceptors (Lipinski definition) is 3. The maximum absolute atomic E-state index is 12.9. The van der Waals surface area contributed by atoms with Crippen molar-refractivity contribution >= 4 is 22.6 Å². The molecule has 1 N–H and O–H groups in total. The lowest BCUT2D eigenvalue weighted by atomic mass is 10.1. The summed E-state index contributed by atoms with van der Waals surface area (Å²) in [6.45, 7) is 1.99. The van der Waals surface area contributed by atoms with Gasteiger partial charge in [-0.2, -0.15) is 0 Å². The van der Waals surface area contributed by atoms with Gasteiger partial charge in [-0.15, -0.1) is 0 Å². The van der Waals surface area contributed by atoms with Gasteiger partial charge in [0.15, 0.2) is 11.2 Å². The SMILES string of the molecule is CCc1ccc2oc(C(=O)Nc3ccc(F)cc3)cc(=O)c2c1. The second kappa shape index (κ2) is 6.04. The first-order valence-electron chi connectivity index (χ1n) is 7.20. The van der Waals surface area contributed by atoms with Gasteiger partial charge in [0, 0.05) is 11.8 Å². The van der Waals surface area contributed by atoms with Gasteiger partial charge in [-0.1, -0.05) is 13.0 Å². The molecule has 0 bridgehead atoms. The quantitative estimate of drug-likeness (QED) is 0.801. The molecule has 0 aliphatic rings. The maximum atomic E-state index is 12.9. The Hall–Kier alpha value is -2.95. The molecule has 0 aliphatic heterocycles. The zero-order valence-corrected chi connectivity index (χ0v) is 12.4. The molecule has 0 fully saturated rings. The lowest BCUT2D eigenvalue weighted by Gasteiger charge is -2.06. The Labute approximate surface area is 131 Å². The molecule has 0 saturated heterocycles. The molecular weight excluding hydrogens is 297 g/mol. The summed E-state index contributed by atoms with van der Waals surface area (Å²) in [7, 11) is 0. The summed E-state index contributed by atoms with van der Waals surface area (Å²) in [6.07, 6.45) is 0.808. The molecule has 2 aromatic carbocycles. The van der Waals surface area contributed by atoms with Gasteiger partial charge in [0.2, 0.25) is 0 Å². The van der Waals surface area contributed by atoms with Gasteiger partial charge in [-0.3, -0.25) is 9.59 Å². The van der Waals surface area contributed by atoms with Gasteiger partial charge in [0.25, 0.3) is 5.91 Å². The van der Waals surface area contributed by atoms with Crippen LogP contribution in [0.3, 0.4) is 0 Å². The highest BCUT2D eigenvalue weighted by Gasteiger charge is 2.13. The third-order valence-corrected chi connectivity index (χ3v) is 3.53. The summed E-state index contributed by atoms with van der Waals surface area (Å²) < 4.78 is 18.4. The predicted molar refractivity (Wildman–Crippen MR) is 86.2 cm³/mol. The number of fused-ring (bicyclic) bond motifs is 1. The molecule has 0 unspecified atom stereocenters. The summed E-state index contributed by atoms with van der Waals surface area (Å²) >= 11 is 0. The Morgan fingerprint density at radius 3 is 2.57 bits per heavy atom. The predicted octanol–water partition coefficient (Wildman–Crippen LogP) is 3.75. The highest BCUT2D eigenvalue weighted by molar-refractivity contribution is 6.02. The Bertz CT molecular complexity index is 929. The van der Waals surface area contributed by atoms with Gasteiger partial charge in [0.1, 0.15) is 11.4 Å². The Kier molecular flexibility index (Phi) is 3.93. The third kappa shape index (κ3) is 3.13. The molecule has 4 nitrogen and oxygen atoms in total. The normalized spacial score (nSPS) is 10.7. The van der Waals surface area contributed by atoms with Crippen molar-refractivity contribution in [3.63, 3.8) is 0 Å². The molecule has 1 aromatic heterocycles. The number of carbonyl (C=O) groups excluding carboxylic acids is 1. The standard InChI is InChI=1S/C18H14FNO3/c1-2-11-3-8-16-14(9-11)15(21)10-17(23-16)18(22)20-13-6-4-12(19)5-7-13/h3-10H,2H2,1H3,(H,20,22). The summed E-state index contributed by atoms with van der Waals surface area (Å²) in [5, 5.41) is 3.01. The van der Waals surface area contributed by atoms with Crippen LogP contribution in [0.4, 0.5) is 10.1 Å². The smallest absolute Gasteiger partial charge is 0.291 e. The number of amides is 1. The van der Waals surface area contributed by atoms with Crippen LogP contribution in [0.5, 0.6) is 0 Å². The van der Waals surface area contributed by atoms with E-state index in [0.29, 0.717) is 16.7 Å². The molecule has 1 amide bonds. The summed E-state index contributed by atoms with van der Waals surface area (Å²) in [5.41, 5.74) is 1.53. The van der Waals surface area contributed by atoms with Crippen LogP contribution in [-0.2, 0) is 6.42 Å². The Morgan fingerprint density at radius 1 is 1.13 bits per heavy atom. The lowest BCUT2D eigenvalue weighted by molar-refractivity contribution is 0.0997. The minimum Gasteiger partial charge on any atom is -0.451 e. The number of benzene rings is 2. The first kappa shape index (κ1) is 15.0. The molecule has 0 spiro atoms. The van der Waals surface area contributed by atoms with Crippen LogP contribution in [0.1, 0.15) is 23.0 Å². The minimum absolute atomic E-state index is 0.0870. The van der Waals surface area contributed by atoms with E-state index >= 15 is 0 Å². The minimum atomic E-state index is -0.560. The van der Waals surface area contributed by atoms with Gasteiger partial charge in [-0.05, 0) is 48.4 Å². The van der Waals surface area contributed by atoms with Crippen molar-refractivity contribution in [1.29, 1.82) is 0 Å². The van der Waals surface area contributed by atoms with Crippen molar-refractivity contribution in [1.82, 2.24) is 0 Å². The van der Waals surface area contributed by atoms with Crippen LogP contribution >= 0.6 is 0 Å². The van der Waals surface area contributed by atoms with E-state index in [9.17, 15) is 14.0 Å². The molecule has 1 heterocycles. The van der Waals surface area contributed by atoms with Gasteiger partial charge >= 0.3 is 0 Å². The van der Waals surface area contributed by atoms with Crippen LogP contribution in [0, 0.1) is 5.82 Å². The van der Waals surface area contributed by atoms with E-state index < -0.39 is 11.7 Å². The molecule has 0 saturated carbocycles. The second-order valence-electron chi connectivity index (χ2n) is 5.12. The van der Waals surface area contributed by atoms with Crippen molar-refractivity contribution in [2.24, 2.45) is 0 Å². The second-order valence-corrected chi connectivity index (χ2v) is 5.12. The average Bonchev–Trinajstić information content (AvgIpc) is 2.56. The topological polar surface area (TPSA) is 59.3 Å². The first-order valence-corrected chi connectivity index (χ1v) is 7.20. The van der Waals surface area contributed by atoms with E-state index in [2.05, 4.69) is 5.32 Å². The molecule has 0 radical (unpaired) electrons. The van der Waals surface area contributed by atoms with Crippen molar-refractivity contribution in [2.75, 3.05) is 5.32 Å². The van der Waals surface area contributed by atoms with Crippen LogP contribution in [0.2, 0.25) is 0 Å². The molecule has 0 aliphatic carbocycles.